The maximum atomic E-state index is 10.9. The summed E-state index contributed by atoms with van der Waals surface area (Å²) in [5, 5.41) is 10.7. The normalized spacial score (nSPS) is 9.80. The molecule has 15 heavy (non-hydrogen) atoms. The van der Waals surface area contributed by atoms with Gasteiger partial charge in [-0.2, -0.15) is 0 Å². The van der Waals surface area contributed by atoms with Crippen LogP contribution in [0.5, 0.6) is 0 Å². The predicted octanol–water partition coefficient (Wildman–Crippen LogP) is 2.52. The van der Waals surface area contributed by atoms with Gasteiger partial charge in [-0.1, -0.05) is 36.3 Å². The molecule has 0 radical (unpaired) electrons. The molecule has 0 unspecified atom stereocenters. The Morgan fingerprint density at radius 1 is 1.20 bits per heavy atom. The van der Waals surface area contributed by atoms with Gasteiger partial charge in [0.2, 0.25) is 0 Å². The molecule has 2 heteroatoms. The lowest BCUT2D eigenvalue weighted by Gasteiger charge is -2.04. The van der Waals surface area contributed by atoms with Crippen molar-refractivity contribution in [3.05, 3.63) is 47.5 Å². The third kappa shape index (κ3) is 1.44. The van der Waals surface area contributed by atoms with Gasteiger partial charge in [-0.05, 0) is 16.8 Å². The smallest absolute Gasteiger partial charge is 0.336 e. The number of carbonyl (C=O) groups is 1. The van der Waals surface area contributed by atoms with Gasteiger partial charge < -0.3 is 5.11 Å². The summed E-state index contributed by atoms with van der Waals surface area (Å²) >= 11 is 0. The van der Waals surface area contributed by atoms with E-state index in [1.54, 1.807) is 12.1 Å². The minimum atomic E-state index is -0.992. The van der Waals surface area contributed by atoms with Crippen LogP contribution in [-0.4, -0.2) is 11.1 Å². The van der Waals surface area contributed by atoms with E-state index in [2.05, 4.69) is 5.92 Å². The third-order valence-electron chi connectivity index (χ3n) is 2.30. The van der Waals surface area contributed by atoms with Gasteiger partial charge in [0, 0.05) is 5.56 Å². The van der Waals surface area contributed by atoms with Crippen molar-refractivity contribution in [2.45, 2.75) is 0 Å². The molecule has 0 fully saturated rings. The Bertz CT molecular complexity index is 577. The lowest BCUT2D eigenvalue weighted by Crippen LogP contribution is -2.00. The Labute approximate surface area is 87.2 Å². The number of rotatable bonds is 1. The van der Waals surface area contributed by atoms with Crippen molar-refractivity contribution in [1.82, 2.24) is 0 Å². The fraction of sp³-hybridized carbons (Fsp3) is 0. The first kappa shape index (κ1) is 9.29. The Morgan fingerprint density at radius 3 is 2.60 bits per heavy atom. The summed E-state index contributed by atoms with van der Waals surface area (Å²) in [6.45, 7) is 0. The molecule has 0 saturated carbocycles. The maximum absolute atomic E-state index is 10.9. The lowest BCUT2D eigenvalue weighted by molar-refractivity contribution is 0.0697. The zero-order valence-electron chi connectivity index (χ0n) is 7.90. The summed E-state index contributed by atoms with van der Waals surface area (Å²) in [6.07, 6.45) is 5.34. The van der Waals surface area contributed by atoms with Crippen molar-refractivity contribution in [2.75, 3.05) is 0 Å². The number of benzene rings is 2. The van der Waals surface area contributed by atoms with Gasteiger partial charge in [0.15, 0.2) is 0 Å². The molecule has 0 atom stereocenters. The summed E-state index contributed by atoms with van der Waals surface area (Å²) in [5.74, 6) is 1.45. The van der Waals surface area contributed by atoms with Crippen LogP contribution in [0.25, 0.3) is 10.8 Å². The van der Waals surface area contributed by atoms with Gasteiger partial charge in [0.05, 0.1) is 5.56 Å². The van der Waals surface area contributed by atoms with E-state index >= 15 is 0 Å². The van der Waals surface area contributed by atoms with Crippen LogP contribution in [0, 0.1) is 12.3 Å². The van der Waals surface area contributed by atoms with Gasteiger partial charge in [-0.15, -0.1) is 6.42 Å². The Balaban J connectivity index is 2.89. The fourth-order valence-corrected chi connectivity index (χ4v) is 1.61. The van der Waals surface area contributed by atoms with Crippen LogP contribution in [-0.2, 0) is 0 Å². The quantitative estimate of drug-likeness (QED) is 0.711. The molecule has 0 heterocycles. The largest absolute Gasteiger partial charge is 0.478 e. The lowest BCUT2D eigenvalue weighted by atomic mass is 9.99. The van der Waals surface area contributed by atoms with Crippen molar-refractivity contribution in [2.24, 2.45) is 0 Å². The highest BCUT2D eigenvalue weighted by Crippen LogP contribution is 2.21. The molecule has 2 rings (SSSR count). The molecule has 0 aliphatic heterocycles. The molecule has 0 saturated heterocycles. The first-order valence-corrected chi connectivity index (χ1v) is 4.45. The molecule has 2 aromatic carbocycles. The summed E-state index contributed by atoms with van der Waals surface area (Å²) < 4.78 is 0. The van der Waals surface area contributed by atoms with Crippen molar-refractivity contribution in [3.63, 3.8) is 0 Å². The number of aromatic carboxylic acids is 1. The summed E-state index contributed by atoms with van der Waals surface area (Å²) in [5.41, 5.74) is 0.622. The second-order valence-electron chi connectivity index (χ2n) is 3.16. The van der Waals surface area contributed by atoms with E-state index in [4.69, 9.17) is 11.5 Å². The SMILES string of the molecule is C#Cc1c(C(=O)O)ccc2ccccc12. The minimum absolute atomic E-state index is 0.177. The molecule has 72 valence electrons. The highest BCUT2D eigenvalue weighted by atomic mass is 16.4. The van der Waals surface area contributed by atoms with Gasteiger partial charge in [0.1, 0.15) is 0 Å². The monoisotopic (exact) mass is 196 g/mol. The van der Waals surface area contributed by atoms with Crippen LogP contribution in [0.4, 0.5) is 0 Å². The van der Waals surface area contributed by atoms with Gasteiger partial charge >= 0.3 is 5.97 Å². The van der Waals surface area contributed by atoms with E-state index in [9.17, 15) is 4.79 Å². The number of hydrogen-bond donors (Lipinski definition) is 1. The molecule has 0 amide bonds. The summed E-state index contributed by atoms with van der Waals surface area (Å²) in [6, 6.07) is 10.8. The van der Waals surface area contributed by atoms with Gasteiger partial charge in [-0.25, -0.2) is 4.79 Å². The highest BCUT2D eigenvalue weighted by molar-refractivity contribution is 5.99. The highest BCUT2D eigenvalue weighted by Gasteiger charge is 2.10. The molecule has 2 aromatic rings. The number of hydrogen-bond acceptors (Lipinski definition) is 1. The number of fused-ring (bicyclic) bond motifs is 1. The van der Waals surface area contributed by atoms with E-state index in [-0.39, 0.29) is 5.56 Å². The van der Waals surface area contributed by atoms with Crippen molar-refractivity contribution < 1.29 is 9.90 Å². The topological polar surface area (TPSA) is 37.3 Å². The molecule has 0 aliphatic carbocycles. The van der Waals surface area contributed by atoms with E-state index in [1.165, 1.54) is 0 Å². The number of carboxylic acids is 1. The van der Waals surface area contributed by atoms with Crippen molar-refractivity contribution in [1.29, 1.82) is 0 Å². The molecule has 2 nitrogen and oxygen atoms in total. The molecular formula is C13H8O2. The average molecular weight is 196 g/mol. The minimum Gasteiger partial charge on any atom is -0.478 e. The Hall–Kier alpha value is -2.27. The van der Waals surface area contributed by atoms with Crippen LogP contribution in [0.3, 0.4) is 0 Å². The van der Waals surface area contributed by atoms with Crippen LogP contribution >= 0.6 is 0 Å². The standard InChI is InChI=1S/C13H8O2/c1-2-10-11-6-4-3-5-9(11)7-8-12(10)13(14)15/h1,3-8H,(H,14,15). The predicted molar refractivity (Wildman–Crippen MR) is 58.8 cm³/mol. The zero-order chi connectivity index (χ0) is 10.8. The van der Waals surface area contributed by atoms with Crippen molar-refractivity contribution >= 4 is 16.7 Å². The molecule has 0 spiro atoms. The zero-order valence-corrected chi connectivity index (χ0v) is 7.90. The van der Waals surface area contributed by atoms with E-state index in [1.807, 2.05) is 24.3 Å². The van der Waals surface area contributed by atoms with E-state index in [0.29, 0.717) is 5.56 Å². The molecule has 0 bridgehead atoms. The Kier molecular flexibility index (Phi) is 2.15. The average Bonchev–Trinajstić information content (AvgIpc) is 2.27. The van der Waals surface area contributed by atoms with Crippen molar-refractivity contribution in [3.8, 4) is 12.3 Å². The molecule has 0 aromatic heterocycles. The van der Waals surface area contributed by atoms with Crippen LogP contribution in [0.2, 0.25) is 0 Å². The van der Waals surface area contributed by atoms with Crippen LogP contribution in [0.1, 0.15) is 15.9 Å². The second kappa shape index (κ2) is 3.47. The van der Waals surface area contributed by atoms with Gasteiger partial charge in [-0.3, -0.25) is 0 Å². The Morgan fingerprint density at radius 2 is 1.93 bits per heavy atom. The number of carboxylic acid groups (broad SMARTS) is 1. The molecular weight excluding hydrogens is 188 g/mol. The molecule has 1 N–H and O–H groups in total. The van der Waals surface area contributed by atoms with E-state index < -0.39 is 5.97 Å². The van der Waals surface area contributed by atoms with Crippen LogP contribution in [0.15, 0.2) is 36.4 Å². The van der Waals surface area contributed by atoms with Gasteiger partial charge in [0.25, 0.3) is 0 Å². The molecule has 0 aliphatic rings. The first-order valence-electron chi connectivity index (χ1n) is 4.45. The summed E-state index contributed by atoms with van der Waals surface area (Å²) in [7, 11) is 0. The fourth-order valence-electron chi connectivity index (χ4n) is 1.61. The summed E-state index contributed by atoms with van der Waals surface area (Å²) in [4.78, 5) is 10.9. The van der Waals surface area contributed by atoms with E-state index in [0.717, 1.165) is 10.8 Å². The third-order valence-corrected chi connectivity index (χ3v) is 2.30. The van der Waals surface area contributed by atoms with Crippen LogP contribution < -0.4 is 0 Å². The maximum Gasteiger partial charge on any atom is 0.336 e. The number of terminal acetylenes is 1. The second-order valence-corrected chi connectivity index (χ2v) is 3.16. The first-order chi connectivity index (χ1) is 7.24.